The lowest BCUT2D eigenvalue weighted by molar-refractivity contribution is -0.122. The van der Waals surface area contributed by atoms with Gasteiger partial charge in [0.05, 0.1) is 11.4 Å². The molecule has 4 aromatic carbocycles. The van der Waals surface area contributed by atoms with Gasteiger partial charge in [0, 0.05) is 9.79 Å². The Morgan fingerprint density at radius 2 is 0.833 bits per heavy atom. The van der Waals surface area contributed by atoms with Crippen molar-refractivity contribution >= 4 is 44.8 Å². The summed E-state index contributed by atoms with van der Waals surface area (Å²) in [5.41, 5.74) is 5.61. The number of rotatable bonds is 11. The average molecular weight is 769 g/mol. The first-order valence-corrected chi connectivity index (χ1v) is 20.9. The fraction of sp³-hybridized carbons (Fsp3) is 0.435. The molecule has 0 heterocycles. The van der Waals surface area contributed by atoms with Gasteiger partial charge in [-0.15, -0.1) is 0 Å². The van der Waals surface area contributed by atoms with Crippen LogP contribution in [0.2, 0.25) is 0 Å². The fourth-order valence-electron chi connectivity index (χ4n) is 5.70. The Bertz CT molecular complexity index is 1800. The Hall–Kier alpha value is -3.88. The summed E-state index contributed by atoms with van der Waals surface area (Å²) in [5.74, 6) is 0.944. The van der Waals surface area contributed by atoms with Crippen LogP contribution in [0, 0.1) is 0 Å². The molecule has 0 aromatic heterocycles. The molecular weight excluding hydrogens is 709 g/mol. The molecule has 2 N–H and O–H groups in total. The van der Waals surface area contributed by atoms with E-state index in [0.29, 0.717) is 22.9 Å². The molecule has 4 aromatic rings. The maximum absolute atomic E-state index is 13.5. The van der Waals surface area contributed by atoms with Gasteiger partial charge in [-0.1, -0.05) is 153 Å². The molecule has 4 rings (SSSR count). The maximum atomic E-state index is 13.5. The molecule has 0 saturated heterocycles. The molecule has 2 unspecified atom stereocenters. The monoisotopic (exact) mass is 768 g/mol. The second-order valence-electron chi connectivity index (χ2n) is 18.1. The van der Waals surface area contributed by atoms with Crippen molar-refractivity contribution in [2.75, 3.05) is 10.6 Å². The van der Waals surface area contributed by atoms with Gasteiger partial charge in [0.25, 0.3) is 11.8 Å². The topological polar surface area (TPSA) is 76.7 Å². The van der Waals surface area contributed by atoms with Gasteiger partial charge in [-0.25, -0.2) is 0 Å². The summed E-state index contributed by atoms with van der Waals surface area (Å²) in [6.07, 6.45) is -1.46. The Morgan fingerprint density at radius 1 is 0.500 bits per heavy atom. The standard InChI is InChI=1S/C46H60N2O4S2/c1-29(51-37-25-23-31(43(3,4)5)27-33(37)45(9,10)11)41(49)47-35-19-15-17-21-39(35)53-54-40-22-18-16-20-36(40)48-42(50)30(2)52-38-26-24-32(44(6,7)8)28-34(38)46(12,13)14/h15-30H,1-14H3,(H,47,49)(H,48,50). The van der Waals surface area contributed by atoms with Gasteiger partial charge in [-0.3, -0.25) is 9.59 Å². The highest BCUT2D eigenvalue weighted by Crippen LogP contribution is 2.44. The lowest BCUT2D eigenvalue weighted by Gasteiger charge is -2.28. The zero-order chi connectivity index (χ0) is 40.2. The van der Waals surface area contributed by atoms with E-state index in [-0.39, 0.29) is 33.5 Å². The van der Waals surface area contributed by atoms with Gasteiger partial charge >= 0.3 is 0 Å². The van der Waals surface area contributed by atoms with E-state index in [1.165, 1.54) is 32.7 Å². The number of amides is 2. The smallest absolute Gasteiger partial charge is 0.265 e. The molecule has 0 spiro atoms. The van der Waals surface area contributed by atoms with Crippen molar-refractivity contribution in [3.05, 3.63) is 107 Å². The van der Waals surface area contributed by atoms with Gasteiger partial charge in [0.1, 0.15) is 11.5 Å². The molecule has 0 bridgehead atoms. The number of para-hydroxylation sites is 2. The average Bonchev–Trinajstić information content (AvgIpc) is 3.06. The second-order valence-corrected chi connectivity index (χ2v) is 20.3. The van der Waals surface area contributed by atoms with Crippen molar-refractivity contribution in [3.63, 3.8) is 0 Å². The number of anilines is 2. The predicted octanol–water partition coefficient (Wildman–Crippen LogP) is 12.5. The zero-order valence-corrected chi connectivity index (χ0v) is 36.3. The second kappa shape index (κ2) is 16.9. The van der Waals surface area contributed by atoms with Crippen LogP contribution in [0.1, 0.15) is 119 Å². The Balaban J connectivity index is 1.44. The van der Waals surface area contributed by atoms with Crippen molar-refractivity contribution in [3.8, 4) is 11.5 Å². The van der Waals surface area contributed by atoms with E-state index >= 15 is 0 Å². The molecule has 0 fully saturated rings. The zero-order valence-electron chi connectivity index (χ0n) is 34.7. The summed E-state index contributed by atoms with van der Waals surface area (Å²) in [7, 11) is 3.01. The van der Waals surface area contributed by atoms with E-state index in [4.69, 9.17) is 9.47 Å². The van der Waals surface area contributed by atoms with Crippen LogP contribution < -0.4 is 20.1 Å². The molecule has 2 amide bonds. The minimum Gasteiger partial charge on any atom is -0.481 e. The fourth-order valence-corrected chi connectivity index (χ4v) is 7.98. The van der Waals surface area contributed by atoms with Crippen LogP contribution >= 0.6 is 21.6 Å². The molecule has 290 valence electrons. The van der Waals surface area contributed by atoms with E-state index < -0.39 is 12.2 Å². The predicted molar refractivity (Wildman–Crippen MR) is 230 cm³/mol. The minimum absolute atomic E-state index is 0.00426. The maximum Gasteiger partial charge on any atom is 0.265 e. The van der Waals surface area contributed by atoms with Crippen molar-refractivity contribution in [2.45, 2.75) is 141 Å². The first kappa shape index (κ1) is 42.9. The van der Waals surface area contributed by atoms with Gasteiger partial charge in [-0.2, -0.15) is 0 Å². The number of hydrogen-bond donors (Lipinski definition) is 2. The van der Waals surface area contributed by atoms with Gasteiger partial charge < -0.3 is 20.1 Å². The van der Waals surface area contributed by atoms with Crippen molar-refractivity contribution in [1.82, 2.24) is 0 Å². The van der Waals surface area contributed by atoms with Crippen molar-refractivity contribution in [1.29, 1.82) is 0 Å². The number of carbonyl (C=O) groups is 2. The van der Waals surface area contributed by atoms with Crippen LogP contribution in [0.25, 0.3) is 0 Å². The minimum atomic E-state index is -0.728. The molecule has 0 radical (unpaired) electrons. The molecule has 0 saturated carbocycles. The lowest BCUT2D eigenvalue weighted by atomic mass is 9.80. The summed E-state index contributed by atoms with van der Waals surface area (Å²) in [6, 6.07) is 27.9. The molecule has 0 aliphatic heterocycles. The number of benzene rings is 4. The molecule has 6 nitrogen and oxygen atoms in total. The lowest BCUT2D eigenvalue weighted by Crippen LogP contribution is -2.31. The van der Waals surface area contributed by atoms with Gasteiger partial charge in [0.15, 0.2) is 12.2 Å². The molecular formula is C46H60N2O4S2. The van der Waals surface area contributed by atoms with Crippen molar-refractivity contribution < 1.29 is 19.1 Å². The third kappa shape index (κ3) is 11.3. The van der Waals surface area contributed by atoms with Crippen LogP contribution in [-0.2, 0) is 31.2 Å². The molecule has 2 atom stereocenters. The molecule has 0 aliphatic carbocycles. The summed E-state index contributed by atoms with van der Waals surface area (Å²) in [5, 5.41) is 6.18. The largest absolute Gasteiger partial charge is 0.481 e. The van der Waals surface area contributed by atoms with E-state index in [1.807, 2.05) is 60.7 Å². The normalized spacial score (nSPS) is 13.5. The van der Waals surface area contributed by atoms with Crippen LogP contribution in [0.15, 0.2) is 94.7 Å². The van der Waals surface area contributed by atoms with E-state index in [2.05, 4.69) is 118 Å². The highest BCUT2D eigenvalue weighted by Gasteiger charge is 2.27. The Labute approximate surface area is 332 Å². The van der Waals surface area contributed by atoms with Gasteiger partial charge in [0.2, 0.25) is 0 Å². The Kier molecular flexibility index (Phi) is 13.4. The van der Waals surface area contributed by atoms with Crippen LogP contribution in [0.5, 0.6) is 11.5 Å². The van der Waals surface area contributed by atoms with Crippen LogP contribution in [0.4, 0.5) is 11.4 Å². The third-order valence-corrected chi connectivity index (χ3v) is 11.6. The van der Waals surface area contributed by atoms with Gasteiger partial charge in [-0.05, 0) is 94.2 Å². The number of nitrogens with one attached hydrogen (secondary N) is 2. The highest BCUT2D eigenvalue weighted by atomic mass is 33.1. The van der Waals surface area contributed by atoms with E-state index in [9.17, 15) is 9.59 Å². The molecule has 8 heteroatoms. The van der Waals surface area contributed by atoms with Crippen molar-refractivity contribution in [2.24, 2.45) is 0 Å². The van der Waals surface area contributed by atoms with E-state index in [1.54, 1.807) is 13.8 Å². The first-order valence-electron chi connectivity index (χ1n) is 18.7. The third-order valence-electron chi connectivity index (χ3n) is 9.16. The summed E-state index contributed by atoms with van der Waals surface area (Å²) in [4.78, 5) is 28.8. The quantitative estimate of drug-likeness (QED) is 0.148. The SMILES string of the molecule is CC(Oc1ccc(C(C)(C)C)cc1C(C)(C)C)C(=O)Nc1ccccc1SSc1ccccc1NC(=O)C(C)Oc1ccc(C(C)(C)C)cc1C(C)(C)C. The summed E-state index contributed by atoms with van der Waals surface area (Å²) < 4.78 is 12.6. The molecule has 54 heavy (non-hydrogen) atoms. The van der Waals surface area contributed by atoms with Crippen LogP contribution in [-0.4, -0.2) is 24.0 Å². The first-order chi connectivity index (χ1) is 24.9. The van der Waals surface area contributed by atoms with Crippen LogP contribution in [0.3, 0.4) is 0 Å². The van der Waals surface area contributed by atoms with E-state index in [0.717, 1.165) is 20.9 Å². The summed E-state index contributed by atoms with van der Waals surface area (Å²) in [6.45, 7) is 29.7. The summed E-state index contributed by atoms with van der Waals surface area (Å²) >= 11 is 0. The highest BCUT2D eigenvalue weighted by molar-refractivity contribution is 8.76. The molecule has 0 aliphatic rings. The Morgan fingerprint density at radius 3 is 1.15 bits per heavy atom. The number of hydrogen-bond acceptors (Lipinski definition) is 6. The number of ether oxygens (including phenoxy) is 2. The number of carbonyl (C=O) groups excluding carboxylic acids is 2.